The molecule has 21 heavy (non-hydrogen) atoms. The molecule has 0 aromatic heterocycles. The number of fused-ring (bicyclic) bond motifs is 1. The van der Waals surface area contributed by atoms with Crippen LogP contribution in [0.2, 0.25) is 0 Å². The molecule has 116 valence electrons. The van der Waals surface area contributed by atoms with Gasteiger partial charge < -0.3 is 15.4 Å². The van der Waals surface area contributed by atoms with Gasteiger partial charge in [-0.25, -0.2) is 8.42 Å². The van der Waals surface area contributed by atoms with Gasteiger partial charge in [0.1, 0.15) is 11.4 Å². The number of rotatable bonds is 3. The van der Waals surface area contributed by atoms with Crippen LogP contribution in [-0.4, -0.2) is 38.8 Å². The lowest BCUT2D eigenvalue weighted by Gasteiger charge is -2.39. The molecule has 2 N–H and O–H groups in total. The van der Waals surface area contributed by atoms with Crippen molar-refractivity contribution in [2.75, 3.05) is 23.7 Å². The maximum absolute atomic E-state index is 12.1. The standard InChI is InChI=1S/C14H20N2O4S/c1-10(17)16-9-14(2,3)20-13-5-4-11(8-12(13)16)21(18,19)7-6-15/h4-5,8H,6-7,9,15H2,1-3H3. The third-order valence-corrected chi connectivity index (χ3v) is 5.02. The van der Waals surface area contributed by atoms with Crippen LogP contribution in [0.1, 0.15) is 20.8 Å². The molecule has 1 heterocycles. The van der Waals surface area contributed by atoms with Crippen molar-refractivity contribution in [3.8, 4) is 5.75 Å². The molecule has 1 amide bonds. The van der Waals surface area contributed by atoms with Gasteiger partial charge in [-0.15, -0.1) is 0 Å². The lowest BCUT2D eigenvalue weighted by atomic mass is 10.1. The highest BCUT2D eigenvalue weighted by molar-refractivity contribution is 7.91. The highest BCUT2D eigenvalue weighted by Crippen LogP contribution is 2.38. The number of hydrogen-bond donors (Lipinski definition) is 1. The van der Waals surface area contributed by atoms with Crippen LogP contribution in [0.25, 0.3) is 0 Å². The predicted molar refractivity (Wildman–Crippen MR) is 80.3 cm³/mol. The average Bonchev–Trinajstić information content (AvgIpc) is 2.35. The van der Waals surface area contributed by atoms with E-state index < -0.39 is 15.4 Å². The first-order valence-electron chi connectivity index (χ1n) is 6.70. The molecule has 6 nitrogen and oxygen atoms in total. The monoisotopic (exact) mass is 312 g/mol. The molecule has 1 aromatic carbocycles. The molecule has 1 aromatic rings. The van der Waals surface area contributed by atoms with Crippen LogP contribution in [0, 0.1) is 0 Å². The fourth-order valence-corrected chi connectivity index (χ4v) is 3.45. The molecule has 7 heteroatoms. The van der Waals surface area contributed by atoms with Crippen LogP contribution in [0.3, 0.4) is 0 Å². The first-order chi connectivity index (χ1) is 9.66. The van der Waals surface area contributed by atoms with Crippen molar-refractivity contribution in [1.82, 2.24) is 0 Å². The van der Waals surface area contributed by atoms with Gasteiger partial charge in [0.15, 0.2) is 9.84 Å². The van der Waals surface area contributed by atoms with E-state index >= 15 is 0 Å². The molecule has 0 unspecified atom stereocenters. The van der Waals surface area contributed by atoms with E-state index in [9.17, 15) is 13.2 Å². The van der Waals surface area contributed by atoms with Gasteiger partial charge in [-0.2, -0.15) is 0 Å². The maximum atomic E-state index is 12.1. The number of hydrogen-bond acceptors (Lipinski definition) is 5. The van der Waals surface area contributed by atoms with Crippen LogP contribution >= 0.6 is 0 Å². The Kier molecular flexibility index (Phi) is 3.99. The Morgan fingerprint density at radius 2 is 2.10 bits per heavy atom. The molecular weight excluding hydrogens is 292 g/mol. The number of nitrogens with two attached hydrogens (primary N) is 1. The summed E-state index contributed by atoms with van der Waals surface area (Å²) in [5.41, 5.74) is 5.30. The van der Waals surface area contributed by atoms with Gasteiger partial charge in [-0.1, -0.05) is 0 Å². The van der Waals surface area contributed by atoms with Crippen molar-refractivity contribution < 1.29 is 17.9 Å². The molecule has 2 rings (SSSR count). The van der Waals surface area contributed by atoms with E-state index in [4.69, 9.17) is 10.5 Å². The number of nitrogens with zero attached hydrogens (tertiary/aromatic N) is 1. The molecule has 0 bridgehead atoms. The van der Waals surface area contributed by atoms with Crippen LogP contribution in [-0.2, 0) is 14.6 Å². The minimum atomic E-state index is -3.44. The highest BCUT2D eigenvalue weighted by atomic mass is 32.2. The van der Waals surface area contributed by atoms with E-state index in [0.29, 0.717) is 18.0 Å². The molecule has 0 atom stereocenters. The first kappa shape index (κ1) is 15.8. The van der Waals surface area contributed by atoms with Crippen molar-refractivity contribution in [2.24, 2.45) is 5.73 Å². The number of ether oxygens (including phenoxy) is 1. The Morgan fingerprint density at radius 1 is 1.43 bits per heavy atom. The summed E-state index contributed by atoms with van der Waals surface area (Å²) in [5.74, 6) is 0.229. The summed E-state index contributed by atoms with van der Waals surface area (Å²) in [6.07, 6.45) is 0. The molecular formula is C14H20N2O4S. The van der Waals surface area contributed by atoms with E-state index in [1.807, 2.05) is 13.8 Å². The van der Waals surface area contributed by atoms with Crippen LogP contribution in [0.15, 0.2) is 23.1 Å². The lowest BCUT2D eigenvalue weighted by Crippen LogP contribution is -2.48. The maximum Gasteiger partial charge on any atom is 0.224 e. The molecule has 0 saturated heterocycles. The molecule has 0 spiro atoms. The van der Waals surface area contributed by atoms with Crippen molar-refractivity contribution in [2.45, 2.75) is 31.3 Å². The molecule has 0 saturated carbocycles. The van der Waals surface area contributed by atoms with Crippen LogP contribution in [0.5, 0.6) is 5.75 Å². The minimum absolute atomic E-state index is 0.0549. The summed E-state index contributed by atoms with van der Waals surface area (Å²) in [4.78, 5) is 13.5. The Labute approximate surface area is 124 Å². The van der Waals surface area contributed by atoms with Crippen LogP contribution < -0.4 is 15.4 Å². The minimum Gasteiger partial charge on any atom is -0.484 e. The SMILES string of the molecule is CC(=O)N1CC(C)(C)Oc2ccc(S(=O)(=O)CCN)cc21. The number of carbonyl (C=O) groups is 1. The molecule has 1 aliphatic heterocycles. The second-order valence-corrected chi connectivity index (χ2v) is 7.81. The molecule has 0 radical (unpaired) electrons. The van der Waals surface area contributed by atoms with Gasteiger partial charge in [-0.3, -0.25) is 4.79 Å². The fraction of sp³-hybridized carbons (Fsp3) is 0.500. The second-order valence-electron chi connectivity index (χ2n) is 5.70. The molecule has 0 aliphatic carbocycles. The van der Waals surface area contributed by atoms with E-state index in [0.717, 1.165) is 0 Å². The smallest absolute Gasteiger partial charge is 0.224 e. The summed E-state index contributed by atoms with van der Waals surface area (Å²) in [5, 5.41) is 0. The zero-order valence-electron chi connectivity index (χ0n) is 12.4. The Balaban J connectivity index is 2.53. The Morgan fingerprint density at radius 3 is 2.67 bits per heavy atom. The molecule has 0 fully saturated rings. The number of carbonyl (C=O) groups excluding carboxylic acids is 1. The first-order valence-corrected chi connectivity index (χ1v) is 8.35. The number of amides is 1. The van der Waals surface area contributed by atoms with Crippen molar-refractivity contribution in [3.05, 3.63) is 18.2 Å². The zero-order chi connectivity index (χ0) is 15.8. The quantitative estimate of drug-likeness (QED) is 0.897. The molecule has 1 aliphatic rings. The highest BCUT2D eigenvalue weighted by Gasteiger charge is 2.34. The normalized spacial score (nSPS) is 17.0. The number of benzene rings is 1. The summed E-state index contributed by atoms with van der Waals surface area (Å²) >= 11 is 0. The van der Waals surface area contributed by atoms with Crippen molar-refractivity contribution in [3.63, 3.8) is 0 Å². The number of sulfone groups is 1. The van der Waals surface area contributed by atoms with E-state index in [1.165, 1.54) is 19.1 Å². The second kappa shape index (κ2) is 5.31. The Hall–Kier alpha value is -1.60. The topological polar surface area (TPSA) is 89.7 Å². The summed E-state index contributed by atoms with van der Waals surface area (Å²) < 4.78 is 30.0. The van der Waals surface area contributed by atoms with Crippen molar-refractivity contribution in [1.29, 1.82) is 0 Å². The van der Waals surface area contributed by atoms with E-state index in [2.05, 4.69) is 0 Å². The lowest BCUT2D eigenvalue weighted by molar-refractivity contribution is -0.117. The summed E-state index contributed by atoms with van der Waals surface area (Å²) in [6, 6.07) is 4.57. The van der Waals surface area contributed by atoms with Gasteiger partial charge in [-0.05, 0) is 32.0 Å². The predicted octanol–water partition coefficient (Wildman–Crippen LogP) is 0.943. The summed E-state index contributed by atoms with van der Waals surface area (Å²) in [6.45, 7) is 5.64. The van der Waals surface area contributed by atoms with E-state index in [1.54, 1.807) is 11.0 Å². The number of anilines is 1. The van der Waals surface area contributed by atoms with Crippen molar-refractivity contribution >= 4 is 21.4 Å². The summed E-state index contributed by atoms with van der Waals surface area (Å²) in [7, 11) is -3.44. The van der Waals surface area contributed by atoms with Crippen LogP contribution in [0.4, 0.5) is 5.69 Å². The van der Waals surface area contributed by atoms with Gasteiger partial charge in [0.05, 0.1) is 22.9 Å². The van der Waals surface area contributed by atoms with Gasteiger partial charge in [0.2, 0.25) is 5.91 Å². The fourth-order valence-electron chi connectivity index (χ4n) is 2.34. The third kappa shape index (κ3) is 3.19. The van der Waals surface area contributed by atoms with Gasteiger partial charge >= 0.3 is 0 Å². The largest absolute Gasteiger partial charge is 0.484 e. The van der Waals surface area contributed by atoms with Gasteiger partial charge in [0.25, 0.3) is 0 Å². The zero-order valence-corrected chi connectivity index (χ0v) is 13.2. The van der Waals surface area contributed by atoms with E-state index in [-0.39, 0.29) is 23.1 Å². The Bertz CT molecular complexity index is 668. The average molecular weight is 312 g/mol. The van der Waals surface area contributed by atoms with Gasteiger partial charge in [0, 0.05) is 13.5 Å². The third-order valence-electron chi connectivity index (χ3n) is 3.27.